The van der Waals surface area contributed by atoms with E-state index in [0.29, 0.717) is 13.1 Å². The normalized spacial score (nSPS) is 12.3. The van der Waals surface area contributed by atoms with Crippen LogP contribution in [0.5, 0.6) is 0 Å². The van der Waals surface area contributed by atoms with Crippen molar-refractivity contribution in [1.29, 1.82) is 0 Å². The van der Waals surface area contributed by atoms with Gasteiger partial charge in [0.2, 0.25) is 0 Å². The molecule has 130 valence electrons. The largest absolute Gasteiger partial charge is 0.392 e. The third-order valence-corrected chi connectivity index (χ3v) is 4.07. The smallest absolute Gasteiger partial charge is 0.0968 e. The molecule has 0 aliphatic heterocycles. The van der Waals surface area contributed by atoms with Gasteiger partial charge in [0.25, 0.3) is 0 Å². The maximum Gasteiger partial charge on any atom is 0.0968 e. The number of aliphatic hydroxyl groups is 1. The van der Waals surface area contributed by atoms with Crippen LogP contribution in [0.15, 0.2) is 60.8 Å². The zero-order valence-corrected chi connectivity index (χ0v) is 14.8. The SMILES string of the molecule is Cc1cccc(-c2nn(Cc3ccccc3)cc2CNCC(C)O)c1. The Kier molecular flexibility index (Phi) is 5.64. The first-order valence-corrected chi connectivity index (χ1v) is 8.68. The van der Waals surface area contributed by atoms with E-state index in [2.05, 4.69) is 54.8 Å². The van der Waals surface area contributed by atoms with Gasteiger partial charge in [-0.05, 0) is 25.5 Å². The molecule has 0 amide bonds. The summed E-state index contributed by atoms with van der Waals surface area (Å²) >= 11 is 0. The van der Waals surface area contributed by atoms with E-state index in [-0.39, 0.29) is 6.10 Å². The van der Waals surface area contributed by atoms with Gasteiger partial charge in [-0.25, -0.2) is 0 Å². The van der Waals surface area contributed by atoms with Crippen molar-refractivity contribution >= 4 is 0 Å². The third-order valence-electron chi connectivity index (χ3n) is 4.07. The Balaban J connectivity index is 1.87. The molecule has 4 heteroatoms. The molecule has 25 heavy (non-hydrogen) atoms. The number of aromatic nitrogens is 2. The number of aliphatic hydroxyl groups excluding tert-OH is 1. The standard InChI is InChI=1S/C21H25N3O/c1-16-7-6-10-19(11-16)21-20(13-22-12-17(2)25)15-24(23-21)14-18-8-4-3-5-9-18/h3-11,15,17,22,25H,12-14H2,1-2H3. The summed E-state index contributed by atoms with van der Waals surface area (Å²) in [5.74, 6) is 0. The lowest BCUT2D eigenvalue weighted by molar-refractivity contribution is 0.191. The predicted molar refractivity (Wildman–Crippen MR) is 101 cm³/mol. The van der Waals surface area contributed by atoms with Crippen LogP contribution in [-0.2, 0) is 13.1 Å². The second-order valence-corrected chi connectivity index (χ2v) is 6.54. The van der Waals surface area contributed by atoms with Gasteiger partial charge in [-0.3, -0.25) is 4.68 Å². The van der Waals surface area contributed by atoms with Crippen LogP contribution in [0.4, 0.5) is 0 Å². The summed E-state index contributed by atoms with van der Waals surface area (Å²) in [6, 6.07) is 18.8. The Hall–Kier alpha value is -2.43. The Bertz CT molecular complexity index is 809. The van der Waals surface area contributed by atoms with Gasteiger partial charge in [0.1, 0.15) is 0 Å². The van der Waals surface area contributed by atoms with Crippen molar-refractivity contribution in [3.8, 4) is 11.3 Å². The average molecular weight is 335 g/mol. The highest BCUT2D eigenvalue weighted by molar-refractivity contribution is 5.63. The van der Waals surface area contributed by atoms with Crippen molar-refractivity contribution in [2.75, 3.05) is 6.54 Å². The van der Waals surface area contributed by atoms with E-state index < -0.39 is 0 Å². The summed E-state index contributed by atoms with van der Waals surface area (Å²) < 4.78 is 1.99. The first kappa shape index (κ1) is 17.4. The molecule has 0 aliphatic rings. The van der Waals surface area contributed by atoms with Gasteiger partial charge in [-0.1, -0.05) is 54.1 Å². The fourth-order valence-corrected chi connectivity index (χ4v) is 2.89. The minimum Gasteiger partial charge on any atom is -0.392 e. The van der Waals surface area contributed by atoms with Crippen molar-refractivity contribution in [2.45, 2.75) is 33.0 Å². The predicted octanol–water partition coefficient (Wildman–Crippen LogP) is 3.38. The first-order chi connectivity index (χ1) is 12.1. The van der Waals surface area contributed by atoms with E-state index in [1.54, 1.807) is 6.92 Å². The van der Waals surface area contributed by atoms with Crippen LogP contribution in [0.25, 0.3) is 11.3 Å². The lowest BCUT2D eigenvalue weighted by Gasteiger charge is -2.07. The molecule has 3 rings (SSSR count). The quantitative estimate of drug-likeness (QED) is 0.696. The Labute approximate surface area is 149 Å². The molecule has 2 N–H and O–H groups in total. The molecule has 1 aromatic heterocycles. The molecule has 0 bridgehead atoms. The van der Waals surface area contributed by atoms with Crippen LogP contribution in [0.2, 0.25) is 0 Å². The molecule has 1 atom stereocenters. The Morgan fingerprint density at radius 2 is 1.92 bits per heavy atom. The lowest BCUT2D eigenvalue weighted by Crippen LogP contribution is -2.23. The van der Waals surface area contributed by atoms with Gasteiger partial charge in [0.05, 0.1) is 18.3 Å². The van der Waals surface area contributed by atoms with Gasteiger partial charge >= 0.3 is 0 Å². The summed E-state index contributed by atoms with van der Waals surface area (Å²) in [6.07, 6.45) is 1.74. The number of aryl methyl sites for hydroxylation is 1. The van der Waals surface area contributed by atoms with Gasteiger partial charge in [0, 0.05) is 30.4 Å². The molecule has 0 spiro atoms. The number of nitrogens with one attached hydrogen (secondary N) is 1. The molecule has 4 nitrogen and oxygen atoms in total. The van der Waals surface area contributed by atoms with Crippen LogP contribution in [0.3, 0.4) is 0 Å². The van der Waals surface area contributed by atoms with Crippen molar-refractivity contribution in [3.05, 3.63) is 77.5 Å². The summed E-state index contributed by atoms with van der Waals surface area (Å²) in [5.41, 5.74) is 5.71. The number of nitrogens with zero attached hydrogens (tertiary/aromatic N) is 2. The third kappa shape index (κ3) is 4.78. The maximum absolute atomic E-state index is 9.47. The number of hydrogen-bond donors (Lipinski definition) is 2. The van der Waals surface area contributed by atoms with Gasteiger partial charge in [-0.15, -0.1) is 0 Å². The summed E-state index contributed by atoms with van der Waals surface area (Å²) in [5, 5.41) is 17.6. The monoisotopic (exact) mass is 335 g/mol. The molecule has 1 unspecified atom stereocenters. The van der Waals surface area contributed by atoms with E-state index in [0.717, 1.165) is 23.4 Å². The molecular weight excluding hydrogens is 310 g/mol. The minimum atomic E-state index is -0.359. The molecule has 0 fully saturated rings. The van der Waals surface area contributed by atoms with Crippen molar-refractivity contribution in [2.24, 2.45) is 0 Å². The highest BCUT2D eigenvalue weighted by atomic mass is 16.3. The zero-order chi connectivity index (χ0) is 17.6. The lowest BCUT2D eigenvalue weighted by atomic mass is 10.1. The molecule has 0 saturated heterocycles. The van der Waals surface area contributed by atoms with Gasteiger partial charge < -0.3 is 10.4 Å². The highest BCUT2D eigenvalue weighted by Crippen LogP contribution is 2.23. The Morgan fingerprint density at radius 3 is 2.64 bits per heavy atom. The Morgan fingerprint density at radius 1 is 1.12 bits per heavy atom. The number of rotatable bonds is 7. The minimum absolute atomic E-state index is 0.359. The van der Waals surface area contributed by atoms with Crippen LogP contribution in [-0.4, -0.2) is 27.5 Å². The van der Waals surface area contributed by atoms with Crippen LogP contribution >= 0.6 is 0 Å². The molecule has 1 heterocycles. The average Bonchev–Trinajstić information content (AvgIpc) is 2.98. The van der Waals surface area contributed by atoms with E-state index in [1.165, 1.54) is 11.1 Å². The molecular formula is C21H25N3O. The summed E-state index contributed by atoms with van der Waals surface area (Å²) in [7, 11) is 0. The number of hydrogen-bond acceptors (Lipinski definition) is 3. The first-order valence-electron chi connectivity index (χ1n) is 8.68. The number of benzene rings is 2. The van der Waals surface area contributed by atoms with Crippen molar-refractivity contribution in [1.82, 2.24) is 15.1 Å². The highest BCUT2D eigenvalue weighted by Gasteiger charge is 2.12. The molecule has 3 aromatic rings. The van der Waals surface area contributed by atoms with Gasteiger partial charge in [0.15, 0.2) is 0 Å². The van der Waals surface area contributed by atoms with Crippen molar-refractivity contribution < 1.29 is 5.11 Å². The second kappa shape index (κ2) is 8.10. The molecule has 0 saturated carbocycles. The topological polar surface area (TPSA) is 50.1 Å². The fourth-order valence-electron chi connectivity index (χ4n) is 2.89. The van der Waals surface area contributed by atoms with E-state index in [4.69, 9.17) is 5.10 Å². The molecule has 0 aliphatic carbocycles. The van der Waals surface area contributed by atoms with Crippen LogP contribution < -0.4 is 5.32 Å². The van der Waals surface area contributed by atoms with E-state index >= 15 is 0 Å². The zero-order valence-electron chi connectivity index (χ0n) is 14.8. The van der Waals surface area contributed by atoms with E-state index in [9.17, 15) is 5.11 Å². The van der Waals surface area contributed by atoms with Crippen molar-refractivity contribution in [3.63, 3.8) is 0 Å². The molecule has 0 radical (unpaired) electrons. The summed E-state index contributed by atoms with van der Waals surface area (Å²) in [4.78, 5) is 0. The molecule has 2 aromatic carbocycles. The fraction of sp³-hybridized carbons (Fsp3) is 0.286. The maximum atomic E-state index is 9.47. The van der Waals surface area contributed by atoms with Crippen LogP contribution in [0, 0.1) is 6.92 Å². The van der Waals surface area contributed by atoms with E-state index in [1.807, 2.05) is 22.9 Å². The summed E-state index contributed by atoms with van der Waals surface area (Å²) in [6.45, 7) is 5.87. The van der Waals surface area contributed by atoms with Gasteiger partial charge in [-0.2, -0.15) is 5.10 Å². The second-order valence-electron chi connectivity index (χ2n) is 6.54. The van der Waals surface area contributed by atoms with Crippen LogP contribution in [0.1, 0.15) is 23.6 Å².